The minimum Gasteiger partial charge on any atom is -0.481 e. The molecular weight excluding hydrogens is 250 g/mol. The molecule has 4 nitrogen and oxygen atoms in total. The van der Waals surface area contributed by atoms with E-state index in [0.29, 0.717) is 0 Å². The Kier molecular flexibility index (Phi) is 5.16. The Hall–Kier alpha value is -0.910. The lowest BCUT2D eigenvalue weighted by molar-refractivity contribution is -0.137. The molecule has 1 aromatic rings. The predicted molar refractivity (Wildman–Crippen MR) is 71.0 cm³/mol. The number of aliphatic carboxylic acids is 1. The average Bonchev–Trinajstić information content (AvgIpc) is 2.97. The maximum Gasteiger partial charge on any atom is 0.304 e. The number of hydrogen-bond acceptors (Lipinski definition) is 4. The van der Waals surface area contributed by atoms with E-state index in [4.69, 9.17) is 9.84 Å². The molecule has 2 heterocycles. The minimum atomic E-state index is -0.753. The molecule has 18 heavy (non-hydrogen) atoms. The number of hydrogen-bond donors (Lipinski definition) is 2. The Morgan fingerprint density at radius 2 is 2.56 bits per heavy atom. The van der Waals surface area contributed by atoms with Gasteiger partial charge in [0.15, 0.2) is 0 Å². The van der Waals surface area contributed by atoms with Crippen molar-refractivity contribution >= 4 is 17.3 Å². The van der Waals surface area contributed by atoms with Gasteiger partial charge in [0.1, 0.15) is 0 Å². The van der Waals surface area contributed by atoms with Crippen molar-refractivity contribution < 1.29 is 14.6 Å². The predicted octanol–water partition coefficient (Wildman–Crippen LogP) is 1.90. The summed E-state index contributed by atoms with van der Waals surface area (Å²) in [7, 11) is 0. The molecule has 1 fully saturated rings. The Labute approximate surface area is 111 Å². The summed E-state index contributed by atoms with van der Waals surface area (Å²) in [5.41, 5.74) is 0. The number of nitrogens with one attached hydrogen (secondary N) is 1. The third kappa shape index (κ3) is 4.40. The van der Waals surface area contributed by atoms with E-state index in [9.17, 15) is 4.79 Å². The van der Waals surface area contributed by atoms with Gasteiger partial charge in [0.25, 0.3) is 0 Å². The van der Waals surface area contributed by atoms with Crippen LogP contribution in [0.5, 0.6) is 0 Å². The first-order valence-electron chi connectivity index (χ1n) is 6.33. The molecule has 0 bridgehead atoms. The van der Waals surface area contributed by atoms with Gasteiger partial charge in [0.05, 0.1) is 12.5 Å². The number of carboxylic acid groups (broad SMARTS) is 1. The lowest BCUT2D eigenvalue weighted by Crippen LogP contribution is -2.38. The quantitative estimate of drug-likeness (QED) is 0.794. The van der Waals surface area contributed by atoms with Gasteiger partial charge < -0.3 is 15.2 Å². The largest absolute Gasteiger partial charge is 0.481 e. The highest BCUT2D eigenvalue weighted by atomic mass is 32.1. The normalized spacial score (nSPS) is 21.0. The second kappa shape index (κ2) is 6.87. The molecule has 0 aliphatic carbocycles. The van der Waals surface area contributed by atoms with E-state index in [0.717, 1.165) is 32.4 Å². The summed E-state index contributed by atoms with van der Waals surface area (Å²) in [6.45, 7) is 1.59. The molecule has 1 saturated heterocycles. The summed E-state index contributed by atoms with van der Waals surface area (Å²) >= 11 is 1.67. The molecule has 2 atom stereocenters. The van der Waals surface area contributed by atoms with E-state index in [1.807, 2.05) is 17.5 Å². The molecule has 2 N–H and O–H groups in total. The van der Waals surface area contributed by atoms with Crippen molar-refractivity contribution in [1.29, 1.82) is 0 Å². The van der Waals surface area contributed by atoms with Gasteiger partial charge in [0, 0.05) is 24.1 Å². The molecule has 1 aliphatic heterocycles. The zero-order valence-electron chi connectivity index (χ0n) is 10.3. The number of ether oxygens (including phenoxy) is 1. The zero-order chi connectivity index (χ0) is 12.8. The van der Waals surface area contributed by atoms with E-state index < -0.39 is 5.97 Å². The van der Waals surface area contributed by atoms with Gasteiger partial charge in [-0.3, -0.25) is 4.79 Å². The first-order chi connectivity index (χ1) is 8.74. The smallest absolute Gasteiger partial charge is 0.304 e. The summed E-state index contributed by atoms with van der Waals surface area (Å²) in [6, 6.07) is 4.04. The molecule has 0 aromatic carbocycles. The summed E-state index contributed by atoms with van der Waals surface area (Å²) in [6.07, 6.45) is 3.37. The van der Waals surface area contributed by atoms with Crippen LogP contribution < -0.4 is 5.32 Å². The first-order valence-corrected chi connectivity index (χ1v) is 7.21. The van der Waals surface area contributed by atoms with Gasteiger partial charge in [0.2, 0.25) is 0 Å². The highest BCUT2D eigenvalue weighted by Gasteiger charge is 2.19. The maximum absolute atomic E-state index is 10.9. The minimum absolute atomic E-state index is 0.00894. The van der Waals surface area contributed by atoms with Crippen LogP contribution >= 0.6 is 11.3 Å². The van der Waals surface area contributed by atoms with E-state index in [2.05, 4.69) is 5.32 Å². The van der Waals surface area contributed by atoms with Crippen molar-refractivity contribution in [2.45, 2.75) is 37.8 Å². The van der Waals surface area contributed by atoms with Crippen molar-refractivity contribution in [3.8, 4) is 0 Å². The monoisotopic (exact) mass is 269 g/mol. The summed E-state index contributed by atoms with van der Waals surface area (Å²) in [5, 5.41) is 14.3. The Morgan fingerprint density at radius 1 is 1.67 bits per heavy atom. The van der Waals surface area contributed by atoms with Gasteiger partial charge in [-0.05, 0) is 30.7 Å². The number of carboxylic acids is 1. The van der Waals surface area contributed by atoms with Gasteiger partial charge in [-0.25, -0.2) is 0 Å². The van der Waals surface area contributed by atoms with Crippen LogP contribution in [-0.2, 0) is 16.0 Å². The fraction of sp³-hybridized carbons (Fsp3) is 0.615. The van der Waals surface area contributed by atoms with Crippen LogP contribution in [0.15, 0.2) is 17.5 Å². The Bertz CT molecular complexity index is 360. The Morgan fingerprint density at radius 3 is 3.17 bits per heavy atom. The van der Waals surface area contributed by atoms with E-state index in [1.54, 1.807) is 11.3 Å². The van der Waals surface area contributed by atoms with Crippen molar-refractivity contribution in [1.82, 2.24) is 5.32 Å². The van der Waals surface area contributed by atoms with Crippen LogP contribution in [-0.4, -0.2) is 36.4 Å². The fourth-order valence-corrected chi connectivity index (χ4v) is 2.99. The molecule has 1 aliphatic rings. The van der Waals surface area contributed by atoms with Crippen LogP contribution in [0.3, 0.4) is 0 Å². The van der Waals surface area contributed by atoms with Crippen molar-refractivity contribution in [3.63, 3.8) is 0 Å². The molecule has 0 spiro atoms. The highest BCUT2D eigenvalue weighted by Crippen LogP contribution is 2.14. The molecule has 0 saturated carbocycles. The average molecular weight is 269 g/mol. The van der Waals surface area contributed by atoms with Gasteiger partial charge in [-0.1, -0.05) is 6.07 Å². The van der Waals surface area contributed by atoms with Crippen molar-refractivity contribution in [3.05, 3.63) is 22.4 Å². The first kappa shape index (κ1) is 13.5. The molecule has 100 valence electrons. The lowest BCUT2D eigenvalue weighted by Gasteiger charge is -2.18. The number of carbonyl (C=O) groups is 1. The lowest BCUT2D eigenvalue weighted by atomic mass is 10.1. The number of rotatable bonds is 7. The maximum atomic E-state index is 10.9. The molecule has 5 heteroatoms. The van der Waals surface area contributed by atoms with Crippen molar-refractivity contribution in [2.24, 2.45) is 0 Å². The topological polar surface area (TPSA) is 58.6 Å². The molecular formula is C13H19NO3S. The standard InChI is InChI=1S/C13H19NO3S/c15-13(16)8-10(7-12-4-2-6-18-12)14-9-11-3-1-5-17-11/h2,4,6,10-11,14H,1,3,5,7-9H2,(H,15,16). The van der Waals surface area contributed by atoms with Crippen LogP contribution in [0.2, 0.25) is 0 Å². The molecule has 0 radical (unpaired) electrons. The van der Waals surface area contributed by atoms with E-state index in [1.165, 1.54) is 4.88 Å². The van der Waals surface area contributed by atoms with E-state index >= 15 is 0 Å². The zero-order valence-corrected chi connectivity index (χ0v) is 11.1. The van der Waals surface area contributed by atoms with Gasteiger partial charge >= 0.3 is 5.97 Å². The van der Waals surface area contributed by atoms with Crippen molar-refractivity contribution in [2.75, 3.05) is 13.2 Å². The van der Waals surface area contributed by atoms with Crippen LogP contribution in [0, 0.1) is 0 Å². The van der Waals surface area contributed by atoms with Crippen LogP contribution in [0.4, 0.5) is 0 Å². The fourth-order valence-electron chi connectivity index (χ4n) is 2.20. The second-order valence-corrected chi connectivity index (χ2v) is 5.65. The summed E-state index contributed by atoms with van der Waals surface area (Å²) in [4.78, 5) is 12.1. The molecule has 2 unspecified atom stereocenters. The second-order valence-electron chi connectivity index (χ2n) is 4.62. The number of thiophene rings is 1. The third-order valence-corrected chi connectivity index (χ3v) is 4.01. The van der Waals surface area contributed by atoms with Crippen LogP contribution in [0.1, 0.15) is 24.1 Å². The summed E-state index contributed by atoms with van der Waals surface area (Å²) in [5.74, 6) is -0.753. The molecule has 0 amide bonds. The summed E-state index contributed by atoms with van der Waals surface area (Å²) < 4.78 is 5.54. The highest BCUT2D eigenvalue weighted by molar-refractivity contribution is 7.09. The van der Waals surface area contributed by atoms with Gasteiger partial charge in [-0.2, -0.15) is 0 Å². The van der Waals surface area contributed by atoms with Crippen LogP contribution in [0.25, 0.3) is 0 Å². The van der Waals surface area contributed by atoms with E-state index in [-0.39, 0.29) is 18.6 Å². The Balaban J connectivity index is 1.81. The molecule has 2 rings (SSSR count). The molecule has 1 aromatic heterocycles. The third-order valence-electron chi connectivity index (χ3n) is 3.11. The van der Waals surface area contributed by atoms with Gasteiger partial charge in [-0.15, -0.1) is 11.3 Å². The SMILES string of the molecule is O=C(O)CC(Cc1cccs1)NCC1CCCO1.